The third-order valence-corrected chi connectivity index (χ3v) is 6.45. The molecule has 1 aliphatic carbocycles. The van der Waals surface area contributed by atoms with E-state index in [1.807, 2.05) is 30.8 Å². The van der Waals surface area contributed by atoms with Gasteiger partial charge in [0, 0.05) is 30.4 Å². The summed E-state index contributed by atoms with van der Waals surface area (Å²) in [6, 6.07) is 15.3. The van der Waals surface area contributed by atoms with Gasteiger partial charge < -0.3 is 11.1 Å². The fraction of sp³-hybridized carbons (Fsp3) is 0.333. The molecule has 2 aromatic heterocycles. The van der Waals surface area contributed by atoms with Crippen LogP contribution in [-0.4, -0.2) is 20.8 Å². The van der Waals surface area contributed by atoms with Crippen LogP contribution >= 0.6 is 0 Å². The van der Waals surface area contributed by atoms with Crippen LogP contribution in [0.4, 0.5) is 4.39 Å². The average molecular weight is 404 g/mol. The Balaban J connectivity index is 1.54. The van der Waals surface area contributed by atoms with Crippen LogP contribution in [0.25, 0.3) is 21.8 Å². The largest absolute Gasteiger partial charge is 0.328 e. The number of pyridine rings is 1. The van der Waals surface area contributed by atoms with Gasteiger partial charge in [0.1, 0.15) is 5.82 Å². The maximum absolute atomic E-state index is 13.7. The Hall–Kier alpha value is -2.83. The van der Waals surface area contributed by atoms with Crippen molar-refractivity contribution < 1.29 is 4.39 Å². The molecule has 0 amide bonds. The number of fused-ring (bicyclic) bond motifs is 2. The van der Waals surface area contributed by atoms with E-state index in [4.69, 9.17) is 15.8 Å². The lowest BCUT2D eigenvalue weighted by molar-refractivity contribution is 0.324. The Kier molecular flexibility index (Phi) is 4.56. The molecule has 2 atom stereocenters. The number of nitrogens with two attached hydrogens (primary N) is 1. The summed E-state index contributed by atoms with van der Waals surface area (Å²) in [6.07, 6.45) is 2.67. The van der Waals surface area contributed by atoms with Crippen molar-refractivity contribution >= 4 is 21.8 Å². The van der Waals surface area contributed by atoms with E-state index in [1.54, 1.807) is 12.1 Å². The highest BCUT2D eigenvalue weighted by molar-refractivity contribution is 5.83. The Labute approximate surface area is 175 Å². The van der Waals surface area contributed by atoms with Gasteiger partial charge >= 0.3 is 0 Å². The maximum Gasteiger partial charge on any atom is 0.123 e. The zero-order valence-electron chi connectivity index (χ0n) is 17.3. The van der Waals surface area contributed by atoms with Gasteiger partial charge in [-0.1, -0.05) is 18.2 Å². The molecule has 6 heteroatoms. The van der Waals surface area contributed by atoms with Crippen molar-refractivity contribution in [1.29, 1.82) is 0 Å². The van der Waals surface area contributed by atoms with E-state index < -0.39 is 0 Å². The molecule has 0 bridgehead atoms. The summed E-state index contributed by atoms with van der Waals surface area (Å²) < 4.78 is 15.6. The van der Waals surface area contributed by atoms with Crippen LogP contribution in [0.3, 0.4) is 0 Å². The normalized spacial score (nSPS) is 21.7. The number of nitrogens with zero attached hydrogens (tertiary/aromatic N) is 3. The molecule has 0 radical (unpaired) electrons. The van der Waals surface area contributed by atoms with Gasteiger partial charge in [0.2, 0.25) is 0 Å². The summed E-state index contributed by atoms with van der Waals surface area (Å²) >= 11 is 0. The zero-order chi connectivity index (χ0) is 20.9. The lowest BCUT2D eigenvalue weighted by Crippen LogP contribution is -2.42. The van der Waals surface area contributed by atoms with Crippen molar-refractivity contribution in [2.24, 2.45) is 12.8 Å². The van der Waals surface area contributed by atoms with Gasteiger partial charge in [0.15, 0.2) is 0 Å². The van der Waals surface area contributed by atoms with Gasteiger partial charge in [-0.15, -0.1) is 0 Å². The van der Waals surface area contributed by atoms with E-state index in [2.05, 4.69) is 23.5 Å². The minimum atomic E-state index is -0.314. The Morgan fingerprint density at radius 3 is 2.83 bits per heavy atom. The van der Waals surface area contributed by atoms with Crippen molar-refractivity contribution in [1.82, 2.24) is 20.1 Å². The SMILES string of the molecule is Cc1cc([C@@]2(NCc3nn(C)c4ccccc34)CCC(N)C2)nc2ccc(F)cc12. The van der Waals surface area contributed by atoms with Gasteiger partial charge in [-0.3, -0.25) is 9.67 Å². The van der Waals surface area contributed by atoms with Crippen LogP contribution in [-0.2, 0) is 19.1 Å². The summed E-state index contributed by atoms with van der Waals surface area (Å²) in [6.45, 7) is 2.65. The first-order chi connectivity index (χ1) is 14.4. The monoisotopic (exact) mass is 403 g/mol. The van der Waals surface area contributed by atoms with Crippen LogP contribution in [0.5, 0.6) is 0 Å². The molecule has 2 aromatic carbocycles. The molecule has 0 aliphatic heterocycles. The van der Waals surface area contributed by atoms with E-state index in [9.17, 15) is 4.39 Å². The van der Waals surface area contributed by atoms with Gasteiger partial charge in [-0.2, -0.15) is 5.10 Å². The number of rotatable bonds is 4. The predicted molar refractivity (Wildman–Crippen MR) is 117 cm³/mol. The second-order valence-corrected chi connectivity index (χ2v) is 8.51. The van der Waals surface area contributed by atoms with Gasteiger partial charge in [-0.05, 0) is 62.1 Å². The molecule has 1 fully saturated rings. The van der Waals surface area contributed by atoms with Crippen LogP contribution in [0.15, 0.2) is 48.5 Å². The highest BCUT2D eigenvalue weighted by atomic mass is 19.1. The summed E-state index contributed by atoms with van der Waals surface area (Å²) in [5, 5.41) is 10.5. The van der Waals surface area contributed by atoms with Crippen molar-refractivity contribution in [3.05, 3.63) is 71.3 Å². The molecule has 4 aromatic rings. The standard InChI is InChI=1S/C24H26FN5/c1-15-11-23(28-20-8-7-16(25)12-19(15)20)24(10-9-17(26)13-24)27-14-21-18-5-3-4-6-22(18)30(2)29-21/h3-8,11-12,17,27H,9-10,13-14,26H2,1-2H3/t17?,24-/m1/s1. The number of halogens is 1. The molecule has 2 heterocycles. The third-order valence-electron chi connectivity index (χ3n) is 6.45. The average Bonchev–Trinajstić information content (AvgIpc) is 3.28. The lowest BCUT2D eigenvalue weighted by Gasteiger charge is -2.31. The second kappa shape index (κ2) is 7.15. The Morgan fingerprint density at radius 1 is 1.20 bits per heavy atom. The van der Waals surface area contributed by atoms with E-state index in [0.29, 0.717) is 6.54 Å². The molecule has 0 saturated heterocycles. The number of para-hydroxylation sites is 1. The Bertz CT molecular complexity index is 1250. The fourth-order valence-electron chi connectivity index (χ4n) is 4.85. The number of hydrogen-bond acceptors (Lipinski definition) is 4. The quantitative estimate of drug-likeness (QED) is 0.539. The van der Waals surface area contributed by atoms with Gasteiger partial charge in [-0.25, -0.2) is 4.39 Å². The number of nitrogens with one attached hydrogen (secondary N) is 1. The lowest BCUT2D eigenvalue weighted by atomic mass is 9.90. The van der Waals surface area contributed by atoms with Crippen molar-refractivity contribution in [2.45, 2.75) is 44.3 Å². The molecule has 1 aliphatic rings. The van der Waals surface area contributed by atoms with Crippen LogP contribution in [0.2, 0.25) is 0 Å². The van der Waals surface area contributed by atoms with Crippen LogP contribution < -0.4 is 11.1 Å². The molecule has 3 N–H and O–H groups in total. The minimum absolute atomic E-state index is 0.129. The molecule has 154 valence electrons. The summed E-state index contributed by atoms with van der Waals surface area (Å²) in [7, 11) is 1.97. The molecular weight excluding hydrogens is 377 g/mol. The molecule has 1 unspecified atom stereocenters. The highest BCUT2D eigenvalue weighted by Crippen LogP contribution is 2.39. The molecule has 1 saturated carbocycles. The number of benzene rings is 2. The van der Waals surface area contributed by atoms with E-state index in [0.717, 1.165) is 58.0 Å². The number of hydrogen-bond donors (Lipinski definition) is 2. The molecule has 30 heavy (non-hydrogen) atoms. The summed E-state index contributed by atoms with van der Waals surface area (Å²) in [5.74, 6) is -0.238. The first kappa shape index (κ1) is 19.2. The Morgan fingerprint density at radius 2 is 2.03 bits per heavy atom. The first-order valence-corrected chi connectivity index (χ1v) is 10.4. The van der Waals surface area contributed by atoms with E-state index >= 15 is 0 Å². The molecule has 5 nitrogen and oxygen atoms in total. The van der Waals surface area contributed by atoms with Gasteiger partial charge in [0.25, 0.3) is 0 Å². The van der Waals surface area contributed by atoms with Crippen LogP contribution in [0.1, 0.15) is 36.2 Å². The fourth-order valence-corrected chi connectivity index (χ4v) is 4.85. The molecule has 5 rings (SSSR count). The van der Waals surface area contributed by atoms with Gasteiger partial charge in [0.05, 0.1) is 28.0 Å². The van der Waals surface area contributed by atoms with Crippen molar-refractivity contribution in [3.63, 3.8) is 0 Å². The van der Waals surface area contributed by atoms with E-state index in [1.165, 1.54) is 6.07 Å². The van der Waals surface area contributed by atoms with Crippen molar-refractivity contribution in [2.75, 3.05) is 0 Å². The predicted octanol–water partition coefficient (Wildman–Crippen LogP) is 4.07. The van der Waals surface area contributed by atoms with Crippen molar-refractivity contribution in [3.8, 4) is 0 Å². The number of aromatic nitrogens is 3. The third kappa shape index (κ3) is 3.16. The molecule has 0 spiro atoms. The molecular formula is C24H26FN5. The van der Waals surface area contributed by atoms with Crippen LogP contribution in [0, 0.1) is 12.7 Å². The van der Waals surface area contributed by atoms with E-state index in [-0.39, 0.29) is 17.4 Å². The number of aryl methyl sites for hydroxylation is 2. The maximum atomic E-state index is 13.7. The smallest absolute Gasteiger partial charge is 0.123 e. The summed E-state index contributed by atoms with van der Waals surface area (Å²) in [4.78, 5) is 4.94. The summed E-state index contributed by atoms with van der Waals surface area (Å²) in [5.41, 5.74) is 11.0. The topological polar surface area (TPSA) is 68.8 Å². The minimum Gasteiger partial charge on any atom is -0.328 e. The first-order valence-electron chi connectivity index (χ1n) is 10.4. The second-order valence-electron chi connectivity index (χ2n) is 8.51. The zero-order valence-corrected chi connectivity index (χ0v) is 17.3. The highest BCUT2D eigenvalue weighted by Gasteiger charge is 2.40.